The molecule has 1 unspecified atom stereocenters. The fraction of sp³-hybridized carbons (Fsp3) is 0.500. The van der Waals surface area contributed by atoms with Gasteiger partial charge in [-0.2, -0.15) is 0 Å². The lowest BCUT2D eigenvalue weighted by Crippen LogP contribution is -2.46. The summed E-state index contributed by atoms with van der Waals surface area (Å²) >= 11 is 1.48. The Morgan fingerprint density at radius 2 is 2.35 bits per heavy atom. The second-order valence-corrected chi connectivity index (χ2v) is 4.63. The van der Waals surface area contributed by atoms with Crippen molar-refractivity contribution in [2.24, 2.45) is 5.73 Å². The van der Waals surface area contributed by atoms with Crippen molar-refractivity contribution in [3.63, 3.8) is 0 Å². The van der Waals surface area contributed by atoms with Gasteiger partial charge in [0, 0.05) is 11.1 Å². The molecule has 7 heteroatoms. The van der Waals surface area contributed by atoms with Gasteiger partial charge in [0.2, 0.25) is 5.91 Å². The molecule has 94 valence electrons. The van der Waals surface area contributed by atoms with E-state index in [0.717, 1.165) is 9.88 Å². The van der Waals surface area contributed by atoms with Gasteiger partial charge in [-0.1, -0.05) is 0 Å². The Balaban J connectivity index is 2.41. The van der Waals surface area contributed by atoms with Crippen molar-refractivity contribution in [3.05, 3.63) is 16.1 Å². The van der Waals surface area contributed by atoms with E-state index in [4.69, 9.17) is 5.73 Å². The number of carbonyl (C=O) groups excluding carboxylic acids is 2. The normalized spacial score (nSPS) is 11.9. The smallest absolute Gasteiger partial charge is 0.332 e. The minimum Gasteiger partial charge on any atom is -0.464 e. The maximum Gasteiger partial charge on any atom is 0.332 e. The van der Waals surface area contributed by atoms with Gasteiger partial charge in [0.15, 0.2) is 6.04 Å². The van der Waals surface area contributed by atoms with Crippen LogP contribution in [0.25, 0.3) is 0 Å². The van der Waals surface area contributed by atoms with Gasteiger partial charge in [-0.05, 0) is 13.8 Å². The zero-order valence-corrected chi connectivity index (χ0v) is 10.5. The van der Waals surface area contributed by atoms with Crippen molar-refractivity contribution >= 4 is 23.2 Å². The molecule has 3 N–H and O–H groups in total. The Hall–Kier alpha value is -1.47. The van der Waals surface area contributed by atoms with Crippen LogP contribution in [-0.2, 0) is 20.9 Å². The maximum atomic E-state index is 11.5. The highest BCUT2D eigenvalue weighted by atomic mass is 32.1. The zero-order valence-electron chi connectivity index (χ0n) is 9.73. The number of thiazole rings is 1. The first-order valence-corrected chi connectivity index (χ1v) is 5.97. The Morgan fingerprint density at radius 1 is 1.65 bits per heavy atom. The van der Waals surface area contributed by atoms with Crippen LogP contribution in [0.4, 0.5) is 0 Å². The first-order chi connectivity index (χ1) is 8.04. The first kappa shape index (κ1) is 13.6. The molecule has 0 spiro atoms. The monoisotopic (exact) mass is 257 g/mol. The third-order valence-electron chi connectivity index (χ3n) is 1.91. The summed E-state index contributed by atoms with van der Waals surface area (Å²) in [6, 6.07) is -1.28. The van der Waals surface area contributed by atoms with Crippen LogP contribution in [-0.4, -0.2) is 29.5 Å². The molecule has 0 aliphatic heterocycles. The van der Waals surface area contributed by atoms with Gasteiger partial charge in [-0.3, -0.25) is 4.79 Å². The molecule has 1 atom stereocenters. The molecule has 0 radical (unpaired) electrons. The zero-order chi connectivity index (χ0) is 12.8. The maximum absolute atomic E-state index is 11.5. The average Bonchev–Trinajstić information content (AvgIpc) is 2.71. The van der Waals surface area contributed by atoms with Crippen LogP contribution in [0.5, 0.6) is 0 Å². The molecule has 1 aromatic heterocycles. The Morgan fingerprint density at radius 3 is 2.88 bits per heavy atom. The second kappa shape index (κ2) is 6.31. The molecule has 0 bridgehead atoms. The van der Waals surface area contributed by atoms with Crippen LogP contribution < -0.4 is 11.1 Å². The SMILES string of the molecule is CCOC(=O)C(N)C(=O)NCc1ncc(C)s1. The third-order valence-corrected chi connectivity index (χ3v) is 2.82. The van der Waals surface area contributed by atoms with Gasteiger partial charge in [0.1, 0.15) is 5.01 Å². The summed E-state index contributed by atoms with van der Waals surface area (Å²) < 4.78 is 4.64. The van der Waals surface area contributed by atoms with E-state index in [-0.39, 0.29) is 13.2 Å². The second-order valence-electron chi connectivity index (χ2n) is 3.31. The van der Waals surface area contributed by atoms with Crippen molar-refractivity contribution in [3.8, 4) is 0 Å². The van der Waals surface area contributed by atoms with Crippen molar-refractivity contribution in [1.29, 1.82) is 0 Å². The largest absolute Gasteiger partial charge is 0.464 e. The van der Waals surface area contributed by atoms with E-state index in [1.54, 1.807) is 13.1 Å². The number of hydrogen-bond acceptors (Lipinski definition) is 6. The van der Waals surface area contributed by atoms with E-state index in [9.17, 15) is 9.59 Å². The topological polar surface area (TPSA) is 94.3 Å². The van der Waals surface area contributed by atoms with Crippen molar-refractivity contribution in [2.45, 2.75) is 26.4 Å². The number of esters is 1. The van der Waals surface area contributed by atoms with Crippen LogP contribution in [0.2, 0.25) is 0 Å². The summed E-state index contributed by atoms with van der Waals surface area (Å²) in [6.45, 7) is 4.05. The highest BCUT2D eigenvalue weighted by molar-refractivity contribution is 7.11. The van der Waals surface area contributed by atoms with Crippen LogP contribution in [0, 0.1) is 6.92 Å². The molecule has 0 aliphatic carbocycles. The van der Waals surface area contributed by atoms with Gasteiger partial charge in [-0.15, -0.1) is 11.3 Å². The van der Waals surface area contributed by atoms with E-state index in [1.165, 1.54) is 11.3 Å². The number of nitrogens with one attached hydrogen (secondary N) is 1. The molecular formula is C10H15N3O3S. The summed E-state index contributed by atoms with van der Waals surface area (Å²) in [5.41, 5.74) is 5.41. The lowest BCUT2D eigenvalue weighted by molar-refractivity contribution is -0.148. The van der Waals surface area contributed by atoms with Gasteiger partial charge in [0.25, 0.3) is 0 Å². The summed E-state index contributed by atoms with van der Waals surface area (Å²) in [5, 5.41) is 3.30. The number of hydrogen-bond donors (Lipinski definition) is 2. The molecule has 1 heterocycles. The molecule has 0 saturated carbocycles. The lowest BCUT2D eigenvalue weighted by atomic mass is 10.3. The van der Waals surface area contributed by atoms with Gasteiger partial charge >= 0.3 is 5.97 Å². The van der Waals surface area contributed by atoms with Crippen LogP contribution in [0.15, 0.2) is 6.20 Å². The first-order valence-electron chi connectivity index (χ1n) is 5.15. The average molecular weight is 257 g/mol. The highest BCUT2D eigenvalue weighted by Gasteiger charge is 2.23. The van der Waals surface area contributed by atoms with Gasteiger partial charge in [0.05, 0.1) is 13.2 Å². The number of nitrogens with zero attached hydrogens (tertiary/aromatic N) is 1. The molecule has 1 amide bonds. The number of nitrogens with two attached hydrogens (primary N) is 1. The quantitative estimate of drug-likeness (QED) is 0.570. The van der Waals surface area contributed by atoms with E-state index in [1.807, 2.05) is 6.92 Å². The van der Waals surface area contributed by atoms with Crippen molar-refractivity contribution in [2.75, 3.05) is 6.61 Å². The fourth-order valence-electron chi connectivity index (χ4n) is 1.09. The molecule has 1 aromatic rings. The lowest BCUT2D eigenvalue weighted by Gasteiger charge is -2.10. The number of carbonyl (C=O) groups is 2. The van der Waals surface area contributed by atoms with Crippen molar-refractivity contribution < 1.29 is 14.3 Å². The summed E-state index contributed by atoms with van der Waals surface area (Å²) in [4.78, 5) is 27.8. The number of ether oxygens (including phenoxy) is 1. The van der Waals surface area contributed by atoms with E-state index in [0.29, 0.717) is 0 Å². The van der Waals surface area contributed by atoms with Crippen LogP contribution in [0.1, 0.15) is 16.8 Å². The van der Waals surface area contributed by atoms with E-state index < -0.39 is 17.9 Å². The van der Waals surface area contributed by atoms with Crippen LogP contribution >= 0.6 is 11.3 Å². The number of amides is 1. The predicted molar refractivity (Wildman–Crippen MR) is 63.3 cm³/mol. The molecule has 0 aromatic carbocycles. The van der Waals surface area contributed by atoms with Crippen molar-refractivity contribution in [1.82, 2.24) is 10.3 Å². The number of aryl methyl sites for hydroxylation is 1. The van der Waals surface area contributed by atoms with Gasteiger partial charge in [-0.25, -0.2) is 9.78 Å². The number of aromatic nitrogens is 1. The Bertz CT molecular complexity index is 405. The predicted octanol–water partition coefficient (Wildman–Crippen LogP) is -0.0419. The molecule has 17 heavy (non-hydrogen) atoms. The minimum absolute atomic E-state index is 0.200. The Kier molecular flexibility index (Phi) is 5.05. The van der Waals surface area contributed by atoms with Crippen LogP contribution in [0.3, 0.4) is 0 Å². The van der Waals surface area contributed by atoms with Gasteiger partial charge < -0.3 is 15.8 Å². The highest BCUT2D eigenvalue weighted by Crippen LogP contribution is 2.10. The summed E-state index contributed by atoms with van der Waals surface area (Å²) in [5.74, 6) is -1.28. The molecular weight excluding hydrogens is 242 g/mol. The molecule has 0 fully saturated rings. The molecule has 1 rings (SSSR count). The summed E-state index contributed by atoms with van der Waals surface area (Å²) in [6.07, 6.45) is 1.72. The van der Waals surface area contributed by atoms with E-state index in [2.05, 4.69) is 15.0 Å². The van der Waals surface area contributed by atoms with E-state index >= 15 is 0 Å². The Labute approximate surface area is 103 Å². The fourth-order valence-corrected chi connectivity index (χ4v) is 1.82. The third kappa shape index (κ3) is 4.12. The summed E-state index contributed by atoms with van der Waals surface area (Å²) in [7, 11) is 0. The standard InChI is InChI=1S/C10H15N3O3S/c1-3-16-10(15)8(11)9(14)13-5-7-12-4-6(2)17-7/h4,8H,3,5,11H2,1-2H3,(H,13,14). The molecule has 6 nitrogen and oxygen atoms in total. The molecule has 0 aliphatic rings. The molecule has 0 saturated heterocycles. The number of rotatable bonds is 5. The minimum atomic E-state index is -1.28.